The maximum absolute atomic E-state index is 12.1. The van der Waals surface area contributed by atoms with Gasteiger partial charge in [0.15, 0.2) is 12.4 Å². The molecule has 0 radical (unpaired) electrons. The summed E-state index contributed by atoms with van der Waals surface area (Å²) in [4.78, 5) is 16.6. The number of pyridine rings is 1. The van der Waals surface area contributed by atoms with E-state index in [1.807, 2.05) is 37.6 Å². The molecule has 140 valence electrons. The largest absolute Gasteiger partial charge is 0.482 e. The van der Waals surface area contributed by atoms with E-state index in [1.54, 1.807) is 0 Å². The second kappa shape index (κ2) is 7.82. The van der Waals surface area contributed by atoms with Crippen LogP contribution < -0.4 is 10.1 Å². The Morgan fingerprint density at radius 3 is 2.81 bits per heavy atom. The minimum absolute atomic E-state index is 0.0163. The van der Waals surface area contributed by atoms with Crippen LogP contribution in [-0.4, -0.2) is 43.4 Å². The first-order valence-electron chi connectivity index (χ1n) is 8.89. The zero-order valence-electron chi connectivity index (χ0n) is 15.4. The number of carbonyl (C=O) groups excluding carboxylic acids is 1. The maximum atomic E-state index is 12.1. The van der Waals surface area contributed by atoms with E-state index in [4.69, 9.17) is 4.74 Å². The number of amides is 1. The van der Waals surface area contributed by atoms with E-state index in [1.165, 1.54) is 0 Å². The zero-order valence-corrected chi connectivity index (χ0v) is 15.4. The molecule has 0 unspecified atom stereocenters. The van der Waals surface area contributed by atoms with E-state index >= 15 is 0 Å². The standard InChI is InChI=1S/C18H25N5O3/c1-4-14-15(6-5-11(2)19-14)26-10-17(25)20-13-7-12(8-13)18-22-21-16(9-24)23(18)3/h5-6,12-13,24H,4,7-10H2,1-3H3,(H,20,25). The van der Waals surface area contributed by atoms with Gasteiger partial charge >= 0.3 is 0 Å². The molecular weight excluding hydrogens is 334 g/mol. The molecule has 1 saturated carbocycles. The molecule has 0 spiro atoms. The molecule has 8 nitrogen and oxygen atoms in total. The first kappa shape index (κ1) is 18.3. The number of ether oxygens (including phenoxy) is 1. The summed E-state index contributed by atoms with van der Waals surface area (Å²) in [6.45, 7) is 3.81. The number of hydrogen-bond donors (Lipinski definition) is 2. The van der Waals surface area contributed by atoms with Gasteiger partial charge in [0.05, 0.1) is 5.69 Å². The van der Waals surface area contributed by atoms with E-state index < -0.39 is 0 Å². The SMILES string of the molecule is CCc1nc(C)ccc1OCC(=O)NC1CC(c2nnc(CO)n2C)C1. The highest BCUT2D eigenvalue weighted by atomic mass is 16.5. The van der Waals surface area contributed by atoms with E-state index in [0.717, 1.165) is 36.5 Å². The van der Waals surface area contributed by atoms with Crippen LogP contribution in [0.3, 0.4) is 0 Å². The number of carbonyl (C=O) groups is 1. The number of rotatable bonds is 7. The first-order valence-corrected chi connectivity index (χ1v) is 8.89. The number of aliphatic hydroxyl groups is 1. The van der Waals surface area contributed by atoms with E-state index in [0.29, 0.717) is 11.6 Å². The van der Waals surface area contributed by atoms with Gasteiger partial charge in [-0.05, 0) is 38.3 Å². The molecule has 1 aliphatic rings. The summed E-state index contributed by atoms with van der Waals surface area (Å²) in [7, 11) is 1.85. The van der Waals surface area contributed by atoms with Gasteiger partial charge in [0, 0.05) is 24.7 Å². The highest BCUT2D eigenvalue weighted by molar-refractivity contribution is 5.78. The van der Waals surface area contributed by atoms with Gasteiger partial charge < -0.3 is 19.7 Å². The summed E-state index contributed by atoms with van der Waals surface area (Å²) in [6, 6.07) is 3.86. The summed E-state index contributed by atoms with van der Waals surface area (Å²) >= 11 is 0. The van der Waals surface area contributed by atoms with Gasteiger partial charge in [-0.1, -0.05) is 6.92 Å². The fraction of sp³-hybridized carbons (Fsp3) is 0.556. The minimum atomic E-state index is -0.134. The van der Waals surface area contributed by atoms with Crippen molar-refractivity contribution in [3.8, 4) is 5.75 Å². The van der Waals surface area contributed by atoms with Crippen molar-refractivity contribution in [3.05, 3.63) is 35.2 Å². The molecule has 26 heavy (non-hydrogen) atoms. The van der Waals surface area contributed by atoms with Crippen LogP contribution in [0.25, 0.3) is 0 Å². The molecule has 0 atom stereocenters. The van der Waals surface area contributed by atoms with Gasteiger partial charge in [0.25, 0.3) is 5.91 Å². The molecule has 2 aromatic heterocycles. The van der Waals surface area contributed by atoms with Crippen LogP contribution >= 0.6 is 0 Å². The number of aromatic nitrogens is 4. The van der Waals surface area contributed by atoms with Crippen molar-refractivity contribution in [2.75, 3.05) is 6.61 Å². The fourth-order valence-corrected chi connectivity index (χ4v) is 3.21. The molecule has 0 aromatic carbocycles. The van der Waals surface area contributed by atoms with Gasteiger partial charge in [0.2, 0.25) is 0 Å². The van der Waals surface area contributed by atoms with Gasteiger partial charge in [-0.2, -0.15) is 0 Å². The van der Waals surface area contributed by atoms with Gasteiger partial charge in [-0.3, -0.25) is 9.78 Å². The third kappa shape index (κ3) is 3.85. The molecule has 0 bridgehead atoms. The Morgan fingerprint density at radius 1 is 1.38 bits per heavy atom. The van der Waals surface area contributed by atoms with Crippen molar-refractivity contribution in [3.63, 3.8) is 0 Å². The lowest BCUT2D eigenvalue weighted by Gasteiger charge is -2.35. The summed E-state index contributed by atoms with van der Waals surface area (Å²) in [6.07, 6.45) is 2.39. The second-order valence-corrected chi connectivity index (χ2v) is 6.66. The Labute approximate surface area is 152 Å². The van der Waals surface area contributed by atoms with Crippen molar-refractivity contribution in [2.24, 2.45) is 7.05 Å². The van der Waals surface area contributed by atoms with Crippen LogP contribution in [-0.2, 0) is 24.9 Å². The average molecular weight is 359 g/mol. The summed E-state index contributed by atoms with van der Waals surface area (Å²) in [5.41, 5.74) is 1.80. The Bertz CT molecular complexity index is 783. The van der Waals surface area contributed by atoms with Crippen LogP contribution in [0.15, 0.2) is 12.1 Å². The molecular formula is C18H25N5O3. The lowest BCUT2D eigenvalue weighted by molar-refractivity contribution is -0.124. The van der Waals surface area contributed by atoms with Crippen molar-refractivity contribution in [1.29, 1.82) is 0 Å². The van der Waals surface area contributed by atoms with Crippen LogP contribution in [0.2, 0.25) is 0 Å². The smallest absolute Gasteiger partial charge is 0.258 e. The summed E-state index contributed by atoms with van der Waals surface area (Å²) in [5.74, 6) is 2.20. The summed E-state index contributed by atoms with van der Waals surface area (Å²) < 4.78 is 7.46. The monoisotopic (exact) mass is 359 g/mol. The average Bonchev–Trinajstić information content (AvgIpc) is 2.96. The van der Waals surface area contributed by atoms with Crippen LogP contribution in [0.1, 0.15) is 48.7 Å². The molecule has 0 aliphatic heterocycles. The zero-order chi connectivity index (χ0) is 18.7. The van der Waals surface area contributed by atoms with Gasteiger partial charge in [0.1, 0.15) is 18.2 Å². The molecule has 1 amide bonds. The molecule has 1 fully saturated rings. The highest BCUT2D eigenvalue weighted by Gasteiger charge is 2.34. The number of aryl methyl sites for hydroxylation is 2. The normalized spacial score (nSPS) is 19.1. The van der Waals surface area contributed by atoms with E-state index in [9.17, 15) is 9.90 Å². The van der Waals surface area contributed by atoms with Crippen molar-refractivity contribution in [1.82, 2.24) is 25.1 Å². The Hall–Kier alpha value is -2.48. The third-order valence-electron chi connectivity index (χ3n) is 4.77. The number of hydrogen-bond acceptors (Lipinski definition) is 6. The van der Waals surface area contributed by atoms with E-state index in [2.05, 4.69) is 20.5 Å². The number of aliphatic hydroxyl groups excluding tert-OH is 1. The molecule has 2 aromatic rings. The van der Waals surface area contributed by atoms with Crippen molar-refractivity contribution >= 4 is 5.91 Å². The molecule has 8 heteroatoms. The third-order valence-corrected chi connectivity index (χ3v) is 4.77. The van der Waals surface area contributed by atoms with Crippen LogP contribution in [0, 0.1) is 6.92 Å². The van der Waals surface area contributed by atoms with E-state index in [-0.39, 0.29) is 31.1 Å². The highest BCUT2D eigenvalue weighted by Crippen LogP contribution is 2.35. The Kier molecular flexibility index (Phi) is 5.51. The topological polar surface area (TPSA) is 102 Å². The molecule has 2 N–H and O–H groups in total. The van der Waals surface area contributed by atoms with Gasteiger partial charge in [-0.25, -0.2) is 0 Å². The van der Waals surface area contributed by atoms with Crippen molar-refractivity contribution in [2.45, 2.75) is 51.7 Å². The second-order valence-electron chi connectivity index (χ2n) is 6.66. The predicted molar refractivity (Wildman–Crippen MR) is 94.7 cm³/mol. The predicted octanol–water partition coefficient (Wildman–Crippen LogP) is 1.01. The minimum Gasteiger partial charge on any atom is -0.482 e. The van der Waals surface area contributed by atoms with Crippen LogP contribution in [0.4, 0.5) is 0 Å². The Balaban J connectivity index is 1.46. The quantitative estimate of drug-likeness (QED) is 0.765. The fourth-order valence-electron chi connectivity index (χ4n) is 3.21. The molecule has 3 rings (SSSR count). The molecule has 1 aliphatic carbocycles. The number of nitrogens with zero attached hydrogens (tertiary/aromatic N) is 4. The van der Waals surface area contributed by atoms with Crippen molar-refractivity contribution < 1.29 is 14.6 Å². The molecule has 2 heterocycles. The van der Waals surface area contributed by atoms with Gasteiger partial charge in [-0.15, -0.1) is 10.2 Å². The first-order chi connectivity index (χ1) is 12.5. The lowest BCUT2D eigenvalue weighted by atomic mass is 9.79. The van der Waals surface area contributed by atoms with Crippen LogP contribution in [0.5, 0.6) is 5.75 Å². The summed E-state index contributed by atoms with van der Waals surface area (Å²) in [5, 5.41) is 20.3. The number of nitrogens with one attached hydrogen (secondary N) is 1. The molecule has 0 saturated heterocycles. The lowest BCUT2D eigenvalue weighted by Crippen LogP contribution is -2.45. The maximum Gasteiger partial charge on any atom is 0.258 e. The Morgan fingerprint density at radius 2 is 2.15 bits per heavy atom.